The van der Waals surface area contributed by atoms with Crippen LogP contribution in [0.25, 0.3) is 44.7 Å². The average molecular weight is 597 g/mol. The molecule has 2 heterocycles. The summed E-state index contributed by atoms with van der Waals surface area (Å²) in [6.45, 7) is 4.11. The van der Waals surface area contributed by atoms with Gasteiger partial charge in [0, 0.05) is 36.1 Å². The van der Waals surface area contributed by atoms with Crippen LogP contribution in [0.2, 0.25) is 0 Å². The molecule has 5 rings (SSSR count). The van der Waals surface area contributed by atoms with E-state index < -0.39 is 11.3 Å². The van der Waals surface area contributed by atoms with Crippen molar-refractivity contribution >= 4 is 33.7 Å². The highest BCUT2D eigenvalue weighted by molar-refractivity contribution is 5.83. The first-order valence-corrected chi connectivity index (χ1v) is 14.8. The second-order valence-electron chi connectivity index (χ2n) is 10.4. The lowest BCUT2D eigenvalue weighted by molar-refractivity contribution is -0.135. The fraction of sp³-hybridized carbons (Fsp3) is 0.294. The molecule has 0 bridgehead atoms. The van der Waals surface area contributed by atoms with Gasteiger partial charge in [-0.05, 0) is 61.4 Å². The van der Waals surface area contributed by atoms with Crippen LogP contribution in [0.5, 0.6) is 11.5 Å². The summed E-state index contributed by atoms with van der Waals surface area (Å²) in [6.07, 6.45) is 6.01. The van der Waals surface area contributed by atoms with Gasteiger partial charge in [-0.2, -0.15) is 0 Å². The maximum absolute atomic E-state index is 12.7. The van der Waals surface area contributed by atoms with Gasteiger partial charge in [-0.3, -0.25) is 9.59 Å². The van der Waals surface area contributed by atoms with Gasteiger partial charge in [-0.1, -0.05) is 39.5 Å². The Morgan fingerprint density at radius 1 is 0.614 bits per heavy atom. The van der Waals surface area contributed by atoms with Gasteiger partial charge in [0.25, 0.3) is 0 Å². The van der Waals surface area contributed by atoms with Crippen molar-refractivity contribution < 1.29 is 27.9 Å². The zero-order valence-corrected chi connectivity index (χ0v) is 24.6. The molecule has 10 nitrogen and oxygen atoms in total. The first-order valence-electron chi connectivity index (χ1n) is 14.8. The third-order valence-electron chi connectivity index (χ3n) is 7.01. The summed E-state index contributed by atoms with van der Waals surface area (Å²) in [4.78, 5) is 58.6. The first kappa shape index (κ1) is 30.3. The Hall–Kier alpha value is -5.12. The molecular formula is C34H32N2O8. The molecule has 0 aliphatic carbocycles. The molecule has 44 heavy (non-hydrogen) atoms. The van der Waals surface area contributed by atoms with Gasteiger partial charge in [-0.25, -0.2) is 19.6 Å². The van der Waals surface area contributed by atoms with Crippen molar-refractivity contribution in [3.63, 3.8) is 0 Å². The van der Waals surface area contributed by atoms with E-state index in [0.29, 0.717) is 46.5 Å². The van der Waals surface area contributed by atoms with E-state index in [1.807, 2.05) is 0 Å². The standard InChI is InChI=1S/C34H32N2O8/c1-3-5-7-9-29(37)41-23-15-17-25-27(19-23)35-31(43-33(25)39)21-11-13-22(14-12-21)32-36-28-20-24(16-18-26(28)34(40)44-32)42-30(38)10-8-6-4-2/h11-20H,3-10H2,1-2H3. The Balaban J connectivity index is 1.37. The van der Waals surface area contributed by atoms with Gasteiger partial charge < -0.3 is 18.3 Å². The van der Waals surface area contributed by atoms with Gasteiger partial charge in [-0.15, -0.1) is 0 Å². The predicted octanol–water partition coefficient (Wildman–Crippen LogP) is 6.99. The number of ether oxygens (including phenoxy) is 2. The Labute approximate surface area is 252 Å². The summed E-state index contributed by atoms with van der Waals surface area (Å²) in [6, 6.07) is 15.8. The predicted molar refractivity (Wildman–Crippen MR) is 165 cm³/mol. The Morgan fingerprint density at radius 2 is 1.02 bits per heavy atom. The molecule has 0 fully saturated rings. The molecule has 0 N–H and O–H groups in total. The number of unbranched alkanes of at least 4 members (excludes halogenated alkanes) is 4. The Kier molecular flexibility index (Phi) is 9.59. The molecule has 0 saturated heterocycles. The van der Waals surface area contributed by atoms with E-state index >= 15 is 0 Å². The van der Waals surface area contributed by atoms with Crippen molar-refractivity contribution in [3.05, 3.63) is 81.5 Å². The van der Waals surface area contributed by atoms with E-state index in [1.54, 1.807) is 24.3 Å². The zero-order valence-electron chi connectivity index (χ0n) is 24.6. The van der Waals surface area contributed by atoms with Gasteiger partial charge in [0.2, 0.25) is 11.8 Å². The summed E-state index contributed by atoms with van der Waals surface area (Å²) in [5.74, 6) is 0.0448. The van der Waals surface area contributed by atoms with E-state index in [4.69, 9.17) is 18.3 Å². The van der Waals surface area contributed by atoms with Crippen LogP contribution in [0.4, 0.5) is 0 Å². The van der Waals surface area contributed by atoms with Crippen molar-refractivity contribution in [2.75, 3.05) is 0 Å². The molecule has 0 aliphatic heterocycles. The SMILES string of the molecule is CCCCCC(=O)Oc1ccc2c(=O)oc(-c3ccc(-c4nc5cc(OC(=O)CCCCC)ccc5c(=O)o4)cc3)nc2c1. The molecule has 0 atom stereocenters. The Bertz CT molecular complexity index is 1780. The lowest BCUT2D eigenvalue weighted by Gasteiger charge is -2.07. The molecule has 5 aromatic rings. The zero-order chi connectivity index (χ0) is 31.1. The number of nitrogens with zero attached hydrogens (tertiary/aromatic N) is 2. The molecule has 226 valence electrons. The monoisotopic (exact) mass is 596 g/mol. The topological polar surface area (TPSA) is 139 Å². The van der Waals surface area contributed by atoms with Crippen molar-refractivity contribution in [2.24, 2.45) is 0 Å². The van der Waals surface area contributed by atoms with Crippen LogP contribution >= 0.6 is 0 Å². The summed E-state index contributed by atoms with van der Waals surface area (Å²) in [5.41, 5.74) is 0.467. The molecule has 3 aromatic carbocycles. The van der Waals surface area contributed by atoms with E-state index in [1.165, 1.54) is 36.4 Å². The highest BCUT2D eigenvalue weighted by Crippen LogP contribution is 2.26. The average Bonchev–Trinajstić information content (AvgIpc) is 3.01. The third-order valence-corrected chi connectivity index (χ3v) is 7.01. The summed E-state index contributed by atoms with van der Waals surface area (Å²) in [7, 11) is 0. The quantitative estimate of drug-likeness (QED) is 0.0840. The molecular weight excluding hydrogens is 564 g/mol. The maximum atomic E-state index is 12.7. The van der Waals surface area contributed by atoms with Crippen molar-refractivity contribution in [3.8, 4) is 34.4 Å². The van der Waals surface area contributed by atoms with Crippen LogP contribution in [0, 0.1) is 0 Å². The second kappa shape index (κ2) is 13.9. The number of carbonyl (C=O) groups is 2. The van der Waals surface area contributed by atoms with E-state index in [0.717, 1.165) is 38.5 Å². The van der Waals surface area contributed by atoms with Crippen LogP contribution in [-0.4, -0.2) is 21.9 Å². The molecule has 2 aromatic heterocycles. The number of fused-ring (bicyclic) bond motifs is 2. The van der Waals surface area contributed by atoms with Crippen molar-refractivity contribution in [1.29, 1.82) is 0 Å². The number of carbonyl (C=O) groups excluding carboxylic acids is 2. The molecule has 0 saturated carbocycles. The van der Waals surface area contributed by atoms with Crippen LogP contribution in [0.1, 0.15) is 65.2 Å². The summed E-state index contributed by atoms with van der Waals surface area (Å²) >= 11 is 0. The van der Waals surface area contributed by atoms with E-state index in [-0.39, 0.29) is 34.5 Å². The van der Waals surface area contributed by atoms with Crippen LogP contribution < -0.4 is 20.7 Å². The lowest BCUT2D eigenvalue weighted by Crippen LogP contribution is -2.08. The van der Waals surface area contributed by atoms with Crippen LogP contribution in [0.3, 0.4) is 0 Å². The van der Waals surface area contributed by atoms with Crippen LogP contribution in [-0.2, 0) is 9.59 Å². The lowest BCUT2D eigenvalue weighted by atomic mass is 10.1. The molecule has 10 heteroatoms. The number of esters is 2. The number of hydrogen-bond donors (Lipinski definition) is 0. The smallest absolute Gasteiger partial charge is 0.347 e. The minimum Gasteiger partial charge on any atom is -0.426 e. The molecule has 0 amide bonds. The van der Waals surface area contributed by atoms with Crippen LogP contribution in [0.15, 0.2) is 79.1 Å². The largest absolute Gasteiger partial charge is 0.426 e. The van der Waals surface area contributed by atoms with Gasteiger partial charge in [0.05, 0.1) is 21.8 Å². The minimum atomic E-state index is -0.584. The fourth-order valence-corrected chi connectivity index (χ4v) is 4.64. The van der Waals surface area contributed by atoms with Gasteiger partial charge in [0.15, 0.2) is 0 Å². The van der Waals surface area contributed by atoms with Crippen molar-refractivity contribution in [1.82, 2.24) is 9.97 Å². The minimum absolute atomic E-state index is 0.0683. The third kappa shape index (κ3) is 7.26. The summed E-state index contributed by atoms with van der Waals surface area (Å²) in [5, 5.41) is 0.508. The fourth-order valence-electron chi connectivity index (χ4n) is 4.64. The molecule has 0 spiro atoms. The number of benzene rings is 3. The number of hydrogen-bond acceptors (Lipinski definition) is 10. The highest BCUT2D eigenvalue weighted by Gasteiger charge is 2.14. The first-order chi connectivity index (χ1) is 21.3. The molecule has 0 aliphatic rings. The maximum Gasteiger partial charge on any atom is 0.347 e. The number of rotatable bonds is 12. The van der Waals surface area contributed by atoms with Gasteiger partial charge >= 0.3 is 23.2 Å². The second-order valence-corrected chi connectivity index (χ2v) is 10.4. The highest BCUT2D eigenvalue weighted by atomic mass is 16.5. The Morgan fingerprint density at radius 3 is 1.41 bits per heavy atom. The van der Waals surface area contributed by atoms with E-state index in [2.05, 4.69) is 23.8 Å². The summed E-state index contributed by atoms with van der Waals surface area (Å²) < 4.78 is 21.8. The number of aromatic nitrogens is 2. The normalized spacial score (nSPS) is 11.1. The molecule has 0 radical (unpaired) electrons. The molecule has 0 unspecified atom stereocenters. The van der Waals surface area contributed by atoms with E-state index in [9.17, 15) is 19.2 Å². The van der Waals surface area contributed by atoms with Crippen molar-refractivity contribution in [2.45, 2.75) is 65.2 Å². The van der Waals surface area contributed by atoms with Gasteiger partial charge in [0.1, 0.15) is 11.5 Å².